The van der Waals surface area contributed by atoms with Crippen LogP contribution in [0.5, 0.6) is 0 Å². The summed E-state index contributed by atoms with van der Waals surface area (Å²) in [5.41, 5.74) is 2.23. The maximum absolute atomic E-state index is 12.6. The zero-order chi connectivity index (χ0) is 17.3. The number of hydrogen-bond donors (Lipinski definition) is 0. The SMILES string of the molecule is Cc1ccc(C(=O)N2CCOC(c3nc(C(C)(C)C)cs3)C2)nn1. The van der Waals surface area contributed by atoms with E-state index in [0.717, 1.165) is 16.4 Å². The van der Waals surface area contributed by atoms with Gasteiger partial charge >= 0.3 is 0 Å². The summed E-state index contributed by atoms with van der Waals surface area (Å²) in [7, 11) is 0. The van der Waals surface area contributed by atoms with Gasteiger partial charge in [0.15, 0.2) is 5.69 Å². The fraction of sp³-hybridized carbons (Fsp3) is 0.529. The number of aryl methyl sites for hydroxylation is 1. The minimum absolute atomic E-state index is 0.0103. The minimum atomic E-state index is -0.179. The van der Waals surface area contributed by atoms with Gasteiger partial charge in [0.1, 0.15) is 11.1 Å². The van der Waals surface area contributed by atoms with Gasteiger partial charge in [-0.05, 0) is 19.1 Å². The molecule has 0 N–H and O–H groups in total. The number of carbonyl (C=O) groups excluding carboxylic acids is 1. The van der Waals surface area contributed by atoms with Gasteiger partial charge in [0.25, 0.3) is 5.91 Å². The highest BCUT2D eigenvalue weighted by Crippen LogP contribution is 2.30. The van der Waals surface area contributed by atoms with Crippen molar-refractivity contribution in [3.05, 3.63) is 39.6 Å². The van der Waals surface area contributed by atoms with Crippen molar-refractivity contribution in [2.45, 2.75) is 39.2 Å². The molecule has 2 aromatic heterocycles. The third-order valence-corrected chi connectivity index (χ3v) is 4.87. The van der Waals surface area contributed by atoms with Crippen LogP contribution in [0.4, 0.5) is 0 Å². The van der Waals surface area contributed by atoms with Crippen molar-refractivity contribution in [2.75, 3.05) is 19.7 Å². The molecule has 0 aromatic carbocycles. The molecule has 1 atom stereocenters. The third kappa shape index (κ3) is 3.62. The number of morpholine rings is 1. The molecule has 2 aromatic rings. The lowest BCUT2D eigenvalue weighted by molar-refractivity contribution is -0.0232. The van der Waals surface area contributed by atoms with Gasteiger partial charge < -0.3 is 9.64 Å². The summed E-state index contributed by atoms with van der Waals surface area (Å²) >= 11 is 1.59. The number of aromatic nitrogens is 3. The van der Waals surface area contributed by atoms with E-state index < -0.39 is 0 Å². The monoisotopic (exact) mass is 346 g/mol. The average molecular weight is 346 g/mol. The summed E-state index contributed by atoms with van der Waals surface area (Å²) in [5.74, 6) is -0.108. The van der Waals surface area contributed by atoms with Crippen molar-refractivity contribution < 1.29 is 9.53 Å². The number of thiazole rings is 1. The Morgan fingerprint density at radius 3 is 2.75 bits per heavy atom. The Hall–Kier alpha value is -1.86. The predicted octanol–water partition coefficient (Wildman–Crippen LogP) is 2.75. The number of hydrogen-bond acceptors (Lipinski definition) is 6. The van der Waals surface area contributed by atoms with E-state index >= 15 is 0 Å². The Morgan fingerprint density at radius 1 is 1.33 bits per heavy atom. The molecule has 3 heterocycles. The molecular weight excluding hydrogens is 324 g/mol. The molecule has 1 amide bonds. The van der Waals surface area contributed by atoms with Gasteiger partial charge in [0.2, 0.25) is 0 Å². The van der Waals surface area contributed by atoms with Crippen LogP contribution in [0.15, 0.2) is 17.5 Å². The molecule has 6 nitrogen and oxygen atoms in total. The molecule has 128 valence electrons. The molecule has 0 radical (unpaired) electrons. The van der Waals surface area contributed by atoms with Crippen LogP contribution in [0.25, 0.3) is 0 Å². The zero-order valence-electron chi connectivity index (χ0n) is 14.4. The van der Waals surface area contributed by atoms with E-state index in [1.54, 1.807) is 28.4 Å². The lowest BCUT2D eigenvalue weighted by atomic mass is 9.93. The molecule has 0 bridgehead atoms. The topological polar surface area (TPSA) is 68.2 Å². The minimum Gasteiger partial charge on any atom is -0.367 e. The van der Waals surface area contributed by atoms with E-state index in [0.29, 0.717) is 25.4 Å². The summed E-state index contributed by atoms with van der Waals surface area (Å²) in [5, 5.41) is 11.0. The normalized spacial score (nSPS) is 18.7. The standard InChI is InChI=1S/C17H22N4O2S/c1-11-5-6-12(20-19-11)16(22)21-7-8-23-13(9-21)15-18-14(10-24-15)17(2,3)4/h5-6,10,13H,7-9H2,1-4H3. The Kier molecular flexibility index (Phi) is 4.64. The second kappa shape index (κ2) is 6.57. The molecule has 0 spiro atoms. The van der Waals surface area contributed by atoms with Gasteiger partial charge in [-0.3, -0.25) is 4.79 Å². The van der Waals surface area contributed by atoms with Crippen LogP contribution in [-0.2, 0) is 10.2 Å². The molecule has 1 saturated heterocycles. The Balaban J connectivity index is 1.73. The van der Waals surface area contributed by atoms with Gasteiger partial charge in [-0.2, -0.15) is 5.10 Å². The van der Waals surface area contributed by atoms with Gasteiger partial charge in [-0.1, -0.05) is 20.8 Å². The van der Waals surface area contributed by atoms with Crippen LogP contribution in [-0.4, -0.2) is 45.7 Å². The first-order valence-corrected chi connectivity index (χ1v) is 8.89. The molecule has 24 heavy (non-hydrogen) atoms. The van der Waals surface area contributed by atoms with Crippen molar-refractivity contribution >= 4 is 17.2 Å². The van der Waals surface area contributed by atoms with Crippen LogP contribution < -0.4 is 0 Å². The summed E-state index contributed by atoms with van der Waals surface area (Å²) in [4.78, 5) is 19.1. The number of nitrogens with zero attached hydrogens (tertiary/aromatic N) is 4. The van der Waals surface area contributed by atoms with Crippen LogP contribution in [0.2, 0.25) is 0 Å². The molecule has 1 aliphatic heterocycles. The summed E-state index contributed by atoms with van der Waals surface area (Å²) < 4.78 is 5.84. The van der Waals surface area contributed by atoms with E-state index in [1.165, 1.54) is 0 Å². The lowest BCUT2D eigenvalue weighted by Gasteiger charge is -2.31. The van der Waals surface area contributed by atoms with Gasteiger partial charge in [-0.15, -0.1) is 16.4 Å². The van der Waals surface area contributed by atoms with Crippen LogP contribution in [0.1, 0.15) is 53.8 Å². The molecular formula is C17H22N4O2S. The first-order chi connectivity index (χ1) is 11.3. The molecule has 0 aliphatic carbocycles. The quantitative estimate of drug-likeness (QED) is 0.836. The van der Waals surface area contributed by atoms with E-state index in [1.807, 2.05) is 6.92 Å². The highest BCUT2D eigenvalue weighted by Gasteiger charge is 2.29. The highest BCUT2D eigenvalue weighted by molar-refractivity contribution is 7.09. The number of carbonyl (C=O) groups is 1. The van der Waals surface area contributed by atoms with E-state index in [2.05, 4.69) is 36.3 Å². The first kappa shape index (κ1) is 17.0. The molecule has 3 rings (SSSR count). The Labute approximate surface area is 145 Å². The molecule has 1 aliphatic rings. The van der Waals surface area contributed by atoms with Crippen molar-refractivity contribution in [2.24, 2.45) is 0 Å². The van der Waals surface area contributed by atoms with Crippen LogP contribution in [0, 0.1) is 6.92 Å². The number of rotatable bonds is 2. The van der Waals surface area contributed by atoms with E-state index in [4.69, 9.17) is 9.72 Å². The van der Waals surface area contributed by atoms with Crippen LogP contribution in [0.3, 0.4) is 0 Å². The summed E-state index contributed by atoms with van der Waals surface area (Å²) in [6.45, 7) is 9.81. The van der Waals surface area contributed by atoms with Crippen molar-refractivity contribution in [3.63, 3.8) is 0 Å². The van der Waals surface area contributed by atoms with E-state index in [-0.39, 0.29) is 17.4 Å². The largest absolute Gasteiger partial charge is 0.367 e. The molecule has 1 fully saturated rings. The smallest absolute Gasteiger partial charge is 0.274 e. The molecule has 7 heteroatoms. The fourth-order valence-electron chi connectivity index (χ4n) is 2.44. The van der Waals surface area contributed by atoms with E-state index in [9.17, 15) is 4.79 Å². The number of ether oxygens (including phenoxy) is 1. The zero-order valence-corrected chi connectivity index (χ0v) is 15.3. The molecule has 1 unspecified atom stereocenters. The lowest BCUT2D eigenvalue weighted by Crippen LogP contribution is -2.42. The average Bonchev–Trinajstić information content (AvgIpc) is 3.05. The third-order valence-electron chi connectivity index (χ3n) is 3.94. The van der Waals surface area contributed by atoms with Gasteiger partial charge in [0.05, 0.1) is 24.5 Å². The summed E-state index contributed by atoms with van der Waals surface area (Å²) in [6.07, 6.45) is -0.179. The Morgan fingerprint density at radius 2 is 2.12 bits per heavy atom. The van der Waals surface area contributed by atoms with Crippen molar-refractivity contribution in [1.82, 2.24) is 20.1 Å². The van der Waals surface area contributed by atoms with Crippen LogP contribution >= 0.6 is 11.3 Å². The Bertz CT molecular complexity index is 721. The summed E-state index contributed by atoms with van der Waals surface area (Å²) in [6, 6.07) is 3.52. The first-order valence-electron chi connectivity index (χ1n) is 8.02. The second-order valence-electron chi connectivity index (χ2n) is 6.99. The molecule has 0 saturated carbocycles. The predicted molar refractivity (Wildman–Crippen MR) is 92.2 cm³/mol. The van der Waals surface area contributed by atoms with Crippen molar-refractivity contribution in [3.8, 4) is 0 Å². The maximum atomic E-state index is 12.6. The van der Waals surface area contributed by atoms with Gasteiger partial charge in [0, 0.05) is 17.3 Å². The number of amides is 1. The van der Waals surface area contributed by atoms with Crippen molar-refractivity contribution in [1.29, 1.82) is 0 Å². The van der Waals surface area contributed by atoms with Gasteiger partial charge in [-0.25, -0.2) is 4.98 Å². The second-order valence-corrected chi connectivity index (χ2v) is 7.88. The maximum Gasteiger partial charge on any atom is 0.274 e. The fourth-order valence-corrected chi connectivity index (χ4v) is 3.52. The highest BCUT2D eigenvalue weighted by atomic mass is 32.1.